The summed E-state index contributed by atoms with van der Waals surface area (Å²) in [6.45, 7) is 5.18. The Morgan fingerprint density at radius 2 is 1.89 bits per heavy atom. The highest BCUT2D eigenvalue weighted by molar-refractivity contribution is 7.98. The number of carbonyl (C=O) groups is 4. The van der Waals surface area contributed by atoms with E-state index in [2.05, 4.69) is 26.7 Å². The van der Waals surface area contributed by atoms with E-state index >= 15 is 0 Å². The van der Waals surface area contributed by atoms with E-state index in [1.807, 2.05) is 56.5 Å². The number of hydrogen-bond acceptors (Lipinski definition) is 10. The zero-order chi connectivity index (χ0) is 39.3. The van der Waals surface area contributed by atoms with E-state index in [1.165, 1.54) is 21.6 Å². The van der Waals surface area contributed by atoms with Gasteiger partial charge in [-0.3, -0.25) is 19.7 Å². The number of aromatic nitrogens is 2. The van der Waals surface area contributed by atoms with Crippen molar-refractivity contribution in [3.63, 3.8) is 0 Å². The maximum atomic E-state index is 13.0. The van der Waals surface area contributed by atoms with Crippen LogP contribution in [0.1, 0.15) is 70.6 Å². The third-order valence-corrected chi connectivity index (χ3v) is 10.6. The molecule has 13 nitrogen and oxygen atoms in total. The van der Waals surface area contributed by atoms with Crippen molar-refractivity contribution < 1.29 is 28.7 Å². The average Bonchev–Trinajstić information content (AvgIpc) is 3.51. The van der Waals surface area contributed by atoms with Crippen molar-refractivity contribution in [1.82, 2.24) is 30.4 Å². The Labute approximate surface area is 328 Å². The van der Waals surface area contributed by atoms with Crippen molar-refractivity contribution >= 4 is 47.1 Å². The number of benzene rings is 3. The number of thioether (sulfide) groups is 1. The summed E-state index contributed by atoms with van der Waals surface area (Å²) in [5, 5.41) is 16.2. The SMILES string of the molecule is CSc1nccc(COc2ccc(C(C)(C)c3cc(Cl)c(OCCN(C)C(=O)NCc4ccc5c(c4)CN(C4CCC(=O)NC4=O)C5=O)c(C#N)c3)cc2)n1. The van der Waals surface area contributed by atoms with E-state index in [1.54, 1.807) is 37.5 Å². The molecule has 0 radical (unpaired) electrons. The Kier molecular flexibility index (Phi) is 11.9. The second-order valence-electron chi connectivity index (χ2n) is 13.7. The molecular weight excluding hydrogens is 742 g/mol. The normalized spacial score (nSPS) is 15.2. The van der Waals surface area contributed by atoms with Gasteiger partial charge in [-0.2, -0.15) is 5.26 Å². The van der Waals surface area contributed by atoms with Crippen LogP contribution >= 0.6 is 23.4 Å². The molecule has 4 aromatic rings. The van der Waals surface area contributed by atoms with Crippen molar-refractivity contribution in [3.8, 4) is 17.6 Å². The number of rotatable bonds is 13. The van der Waals surface area contributed by atoms with Crippen LogP contribution in [0.5, 0.6) is 11.5 Å². The molecule has 0 bridgehead atoms. The fourth-order valence-corrected chi connectivity index (χ4v) is 7.12. The number of halogens is 1. The first-order valence-corrected chi connectivity index (χ1v) is 19.2. The number of nitriles is 1. The third kappa shape index (κ3) is 8.85. The van der Waals surface area contributed by atoms with Gasteiger partial charge < -0.3 is 24.6 Å². The number of carbonyl (C=O) groups excluding carboxylic acids is 4. The van der Waals surface area contributed by atoms with Gasteiger partial charge in [0.2, 0.25) is 11.8 Å². The summed E-state index contributed by atoms with van der Waals surface area (Å²) in [5.74, 6) is -0.113. The van der Waals surface area contributed by atoms with Crippen LogP contribution in [0.25, 0.3) is 0 Å². The highest BCUT2D eigenvalue weighted by Gasteiger charge is 2.39. The molecule has 2 aliphatic heterocycles. The topological polar surface area (TPSA) is 167 Å². The summed E-state index contributed by atoms with van der Waals surface area (Å²) in [6.07, 6.45) is 4.11. The van der Waals surface area contributed by atoms with E-state index in [0.717, 1.165) is 27.9 Å². The number of piperidine rings is 1. The molecule has 2 aliphatic rings. The number of likely N-dealkylation sites (N-methyl/N-ethyl adjacent to an activating group) is 1. The number of amides is 5. The molecule has 2 N–H and O–H groups in total. The van der Waals surface area contributed by atoms with Crippen LogP contribution in [0, 0.1) is 11.3 Å². The lowest BCUT2D eigenvalue weighted by atomic mass is 9.77. The monoisotopic (exact) mass is 781 g/mol. The standard InChI is InChI=1S/C40H40ClN7O6S/c1-40(2,27-6-8-30(9-7-27)54-23-29-13-14-43-38(45-29)55-4)28-18-25(20-42)35(32(41)19-28)53-16-15-47(3)39(52)44-21-24-5-10-31-26(17-24)22-48(37(31)51)33-11-12-34(49)46-36(33)50/h5-10,13-14,17-19,33H,11-12,15-16,21-23H2,1-4H3,(H,44,52)(H,46,49,50). The first kappa shape index (κ1) is 39.1. The molecule has 1 fully saturated rings. The molecule has 3 aromatic carbocycles. The van der Waals surface area contributed by atoms with Crippen LogP contribution in [-0.4, -0.2) is 76.0 Å². The van der Waals surface area contributed by atoms with E-state index in [-0.39, 0.29) is 73.3 Å². The molecule has 5 amide bonds. The number of nitrogens with one attached hydrogen (secondary N) is 2. The maximum Gasteiger partial charge on any atom is 0.317 e. The molecule has 0 aliphatic carbocycles. The average molecular weight is 782 g/mol. The summed E-state index contributed by atoms with van der Waals surface area (Å²) >= 11 is 8.18. The molecule has 1 unspecified atom stereocenters. The molecule has 1 aromatic heterocycles. The first-order chi connectivity index (χ1) is 26.4. The molecule has 6 rings (SSSR count). The largest absolute Gasteiger partial charge is 0.489 e. The second kappa shape index (κ2) is 16.8. The second-order valence-corrected chi connectivity index (χ2v) is 14.9. The van der Waals surface area contributed by atoms with Crippen LogP contribution in [0.2, 0.25) is 5.02 Å². The quantitative estimate of drug-likeness (QED) is 0.0989. The van der Waals surface area contributed by atoms with Gasteiger partial charge in [-0.25, -0.2) is 14.8 Å². The van der Waals surface area contributed by atoms with E-state index in [4.69, 9.17) is 21.1 Å². The van der Waals surface area contributed by atoms with Crippen molar-refractivity contribution in [2.45, 2.75) is 63.0 Å². The first-order valence-electron chi connectivity index (χ1n) is 17.6. The van der Waals surface area contributed by atoms with Gasteiger partial charge >= 0.3 is 6.03 Å². The zero-order valence-corrected chi connectivity index (χ0v) is 32.4. The van der Waals surface area contributed by atoms with Crippen LogP contribution in [-0.2, 0) is 34.7 Å². The number of urea groups is 1. The molecule has 1 atom stereocenters. The number of imide groups is 1. The lowest BCUT2D eigenvalue weighted by Gasteiger charge is -2.29. The summed E-state index contributed by atoms with van der Waals surface area (Å²) in [4.78, 5) is 61.4. The van der Waals surface area contributed by atoms with Gasteiger partial charge in [0.25, 0.3) is 5.91 Å². The fourth-order valence-electron chi connectivity index (χ4n) is 6.47. The Hall–Kier alpha value is -5.65. The van der Waals surface area contributed by atoms with Gasteiger partial charge in [-0.1, -0.05) is 61.5 Å². The number of ether oxygens (including phenoxy) is 2. The number of hydrogen-bond donors (Lipinski definition) is 2. The van der Waals surface area contributed by atoms with Gasteiger partial charge in [-0.05, 0) is 71.3 Å². The molecule has 1 saturated heterocycles. The molecule has 15 heteroatoms. The smallest absolute Gasteiger partial charge is 0.317 e. The third-order valence-electron chi connectivity index (χ3n) is 9.77. The predicted molar refractivity (Wildman–Crippen MR) is 206 cm³/mol. The summed E-state index contributed by atoms with van der Waals surface area (Å²) in [5.41, 5.74) is 4.43. The Bertz CT molecular complexity index is 2170. The molecule has 55 heavy (non-hydrogen) atoms. The predicted octanol–water partition coefficient (Wildman–Crippen LogP) is 5.61. The Balaban J connectivity index is 1.00. The van der Waals surface area contributed by atoms with Crippen molar-refractivity contribution in [1.29, 1.82) is 5.26 Å². The molecule has 0 spiro atoms. The lowest BCUT2D eigenvalue weighted by molar-refractivity contribution is -0.136. The minimum absolute atomic E-state index is 0.0905. The molecular formula is C40H40ClN7O6S. The number of nitrogens with zero attached hydrogens (tertiary/aromatic N) is 5. The minimum atomic E-state index is -0.693. The summed E-state index contributed by atoms with van der Waals surface area (Å²) in [7, 11) is 1.63. The van der Waals surface area contributed by atoms with Gasteiger partial charge in [0.15, 0.2) is 10.9 Å². The fraction of sp³-hybridized carbons (Fsp3) is 0.325. The summed E-state index contributed by atoms with van der Waals surface area (Å²) < 4.78 is 11.9. The van der Waals surface area contributed by atoms with Crippen molar-refractivity contribution in [2.24, 2.45) is 0 Å². The summed E-state index contributed by atoms with van der Waals surface area (Å²) in [6, 6.07) is 19.6. The van der Waals surface area contributed by atoms with E-state index in [0.29, 0.717) is 23.1 Å². The molecule has 284 valence electrons. The van der Waals surface area contributed by atoms with Crippen LogP contribution in [0.3, 0.4) is 0 Å². The molecule has 3 heterocycles. The van der Waals surface area contributed by atoms with Gasteiger partial charge in [0.1, 0.15) is 31.1 Å². The highest BCUT2D eigenvalue weighted by Crippen LogP contribution is 2.39. The number of fused-ring (bicyclic) bond motifs is 1. The van der Waals surface area contributed by atoms with Crippen molar-refractivity contribution in [3.05, 3.63) is 111 Å². The maximum absolute atomic E-state index is 13.0. The van der Waals surface area contributed by atoms with Gasteiger partial charge in [-0.15, -0.1) is 0 Å². The lowest BCUT2D eigenvalue weighted by Crippen LogP contribution is -2.52. The Morgan fingerprint density at radius 1 is 1.11 bits per heavy atom. The van der Waals surface area contributed by atoms with Crippen molar-refractivity contribution in [2.75, 3.05) is 26.5 Å². The van der Waals surface area contributed by atoms with Gasteiger partial charge in [0.05, 0.1) is 22.8 Å². The molecule has 0 saturated carbocycles. The van der Waals surface area contributed by atoms with E-state index < -0.39 is 17.4 Å². The highest BCUT2D eigenvalue weighted by atomic mass is 35.5. The van der Waals surface area contributed by atoms with Crippen LogP contribution < -0.4 is 20.1 Å². The van der Waals surface area contributed by atoms with E-state index in [9.17, 15) is 24.4 Å². The zero-order valence-electron chi connectivity index (χ0n) is 30.8. The Morgan fingerprint density at radius 3 is 2.62 bits per heavy atom. The van der Waals surface area contributed by atoms with Crippen LogP contribution in [0.15, 0.2) is 72.0 Å². The van der Waals surface area contributed by atoms with Gasteiger partial charge in [0, 0.05) is 43.7 Å². The van der Waals surface area contributed by atoms with Crippen LogP contribution in [0.4, 0.5) is 4.79 Å². The minimum Gasteiger partial charge on any atom is -0.489 e.